The van der Waals surface area contributed by atoms with Crippen LogP contribution in [0.25, 0.3) is 27.6 Å². The Balaban J connectivity index is 1.69. The molecule has 4 nitrogen and oxygen atoms in total. The highest BCUT2D eigenvalue weighted by atomic mass is 79.9. The van der Waals surface area contributed by atoms with Crippen molar-refractivity contribution >= 4 is 49.0 Å². The van der Waals surface area contributed by atoms with E-state index in [1.54, 1.807) is 4.68 Å². The van der Waals surface area contributed by atoms with E-state index in [0.717, 1.165) is 36.6 Å². The predicted octanol–water partition coefficient (Wildman–Crippen LogP) is 5.77. The molecule has 4 aromatic rings. The third-order valence-electron chi connectivity index (χ3n) is 3.69. The van der Waals surface area contributed by atoms with Crippen LogP contribution in [-0.4, -0.2) is 14.8 Å². The molecule has 0 atom stereocenters. The van der Waals surface area contributed by atoms with Crippen molar-refractivity contribution < 1.29 is 0 Å². The van der Waals surface area contributed by atoms with Crippen LogP contribution in [0.1, 0.15) is 0 Å². The zero-order chi connectivity index (χ0) is 17.4. The molecule has 0 aliphatic carbocycles. The first kappa shape index (κ1) is 16.5. The van der Waals surface area contributed by atoms with E-state index in [4.69, 9.17) is 5.73 Å². The molecule has 0 unspecified atom stereocenters. The van der Waals surface area contributed by atoms with Gasteiger partial charge in [0, 0.05) is 31.5 Å². The summed E-state index contributed by atoms with van der Waals surface area (Å²) < 4.78 is 3.76. The second kappa shape index (κ2) is 6.74. The molecule has 0 fully saturated rings. The maximum atomic E-state index is 6.16. The maximum absolute atomic E-state index is 6.16. The van der Waals surface area contributed by atoms with Gasteiger partial charge in [0.05, 0.1) is 11.4 Å². The van der Waals surface area contributed by atoms with E-state index in [1.807, 2.05) is 60.0 Å². The molecule has 25 heavy (non-hydrogen) atoms. The Morgan fingerprint density at radius 3 is 2.00 bits per heavy atom. The van der Waals surface area contributed by atoms with Gasteiger partial charge in [0.15, 0.2) is 0 Å². The Bertz CT molecular complexity index is 1020. The fraction of sp³-hybridized carbons (Fsp3) is 0. The third-order valence-corrected chi connectivity index (χ3v) is 5.56. The van der Waals surface area contributed by atoms with Gasteiger partial charge in [-0.2, -0.15) is 9.78 Å². The van der Waals surface area contributed by atoms with E-state index in [1.165, 1.54) is 11.3 Å². The number of halogens is 2. The molecule has 0 spiro atoms. The van der Waals surface area contributed by atoms with Crippen LogP contribution in [0, 0.1) is 0 Å². The van der Waals surface area contributed by atoms with Crippen LogP contribution in [0.3, 0.4) is 0 Å². The van der Waals surface area contributed by atoms with Gasteiger partial charge in [0.25, 0.3) is 0 Å². The van der Waals surface area contributed by atoms with Crippen molar-refractivity contribution in [2.24, 2.45) is 0 Å². The maximum Gasteiger partial charge on any atom is 0.212 e. The average molecular weight is 476 g/mol. The number of benzene rings is 2. The lowest BCUT2D eigenvalue weighted by Crippen LogP contribution is -2.01. The number of nitrogens with two attached hydrogens (primary N) is 1. The van der Waals surface area contributed by atoms with Crippen molar-refractivity contribution in [3.05, 3.63) is 68.9 Å². The number of nitrogens with zero attached hydrogens (tertiary/aromatic N) is 3. The van der Waals surface area contributed by atoms with Crippen LogP contribution in [0.2, 0.25) is 0 Å². The molecule has 2 N–H and O–H groups in total. The lowest BCUT2D eigenvalue weighted by Gasteiger charge is -1.99. The molecular formula is C18H12Br2N4S. The highest BCUT2D eigenvalue weighted by molar-refractivity contribution is 9.10. The van der Waals surface area contributed by atoms with Crippen LogP contribution >= 0.6 is 43.2 Å². The van der Waals surface area contributed by atoms with E-state index >= 15 is 0 Å². The minimum absolute atomic E-state index is 0.564. The van der Waals surface area contributed by atoms with E-state index in [0.29, 0.717) is 5.82 Å². The zero-order valence-electron chi connectivity index (χ0n) is 12.9. The van der Waals surface area contributed by atoms with Crippen LogP contribution in [0.15, 0.2) is 68.9 Å². The van der Waals surface area contributed by atoms with Gasteiger partial charge in [0.2, 0.25) is 5.13 Å². The van der Waals surface area contributed by atoms with Crippen molar-refractivity contribution in [1.82, 2.24) is 14.8 Å². The molecule has 2 heterocycles. The topological polar surface area (TPSA) is 56.7 Å². The molecule has 0 saturated carbocycles. The highest BCUT2D eigenvalue weighted by Gasteiger charge is 2.13. The number of hydrogen-bond acceptors (Lipinski definition) is 4. The summed E-state index contributed by atoms with van der Waals surface area (Å²) in [6.07, 6.45) is 0. The molecular weight excluding hydrogens is 464 g/mol. The van der Waals surface area contributed by atoms with Gasteiger partial charge in [-0.1, -0.05) is 56.1 Å². The summed E-state index contributed by atoms with van der Waals surface area (Å²) in [4.78, 5) is 4.68. The molecule has 0 aliphatic rings. The van der Waals surface area contributed by atoms with Gasteiger partial charge in [-0.15, -0.1) is 11.3 Å². The molecule has 7 heteroatoms. The van der Waals surface area contributed by atoms with E-state index < -0.39 is 0 Å². The first-order chi connectivity index (χ1) is 12.1. The zero-order valence-corrected chi connectivity index (χ0v) is 16.8. The SMILES string of the molecule is Nc1cc(-c2ccc(Br)cc2)nn1-c1nc(-c2ccc(Br)cc2)cs1. The highest BCUT2D eigenvalue weighted by Crippen LogP contribution is 2.29. The Kier molecular flexibility index (Phi) is 4.45. The Labute approximate surface area is 165 Å². The standard InChI is InChI=1S/C18H12Br2N4S/c19-13-5-1-11(2-6-13)15-9-17(21)24(23-15)18-22-16(10-25-18)12-3-7-14(20)8-4-12/h1-10H,21H2. The van der Waals surface area contributed by atoms with Crippen LogP contribution in [0.5, 0.6) is 0 Å². The second-order valence-corrected chi connectivity index (χ2v) is 8.06. The second-order valence-electron chi connectivity index (χ2n) is 5.40. The third kappa shape index (κ3) is 3.40. The molecule has 124 valence electrons. The van der Waals surface area contributed by atoms with Crippen molar-refractivity contribution in [1.29, 1.82) is 0 Å². The monoisotopic (exact) mass is 474 g/mol. The Morgan fingerprint density at radius 2 is 1.40 bits per heavy atom. The van der Waals surface area contributed by atoms with Gasteiger partial charge >= 0.3 is 0 Å². The molecule has 0 amide bonds. The Hall–Kier alpha value is -1.96. The normalized spacial score (nSPS) is 11.0. The van der Waals surface area contributed by atoms with Crippen molar-refractivity contribution in [2.75, 3.05) is 5.73 Å². The summed E-state index contributed by atoms with van der Waals surface area (Å²) in [7, 11) is 0. The van der Waals surface area contributed by atoms with Crippen molar-refractivity contribution in [3.8, 4) is 27.6 Å². The molecule has 0 radical (unpaired) electrons. The summed E-state index contributed by atoms with van der Waals surface area (Å²) in [5, 5.41) is 7.38. The number of anilines is 1. The van der Waals surface area contributed by atoms with Crippen LogP contribution < -0.4 is 5.73 Å². The van der Waals surface area contributed by atoms with Crippen LogP contribution in [-0.2, 0) is 0 Å². The van der Waals surface area contributed by atoms with Gasteiger partial charge in [-0.25, -0.2) is 4.98 Å². The molecule has 4 rings (SSSR count). The summed E-state index contributed by atoms with van der Waals surface area (Å²) in [5.74, 6) is 0.564. The minimum atomic E-state index is 0.564. The first-order valence-corrected chi connectivity index (χ1v) is 9.90. The van der Waals surface area contributed by atoms with Crippen molar-refractivity contribution in [2.45, 2.75) is 0 Å². The molecule has 2 aromatic heterocycles. The first-order valence-electron chi connectivity index (χ1n) is 7.43. The molecule has 0 aliphatic heterocycles. The van der Waals surface area contributed by atoms with E-state index in [9.17, 15) is 0 Å². The van der Waals surface area contributed by atoms with Gasteiger partial charge in [-0.3, -0.25) is 0 Å². The molecule has 2 aromatic carbocycles. The number of hydrogen-bond donors (Lipinski definition) is 1. The summed E-state index contributed by atoms with van der Waals surface area (Å²) in [6.45, 7) is 0. The summed E-state index contributed by atoms with van der Waals surface area (Å²) >= 11 is 8.41. The predicted molar refractivity (Wildman–Crippen MR) is 110 cm³/mol. The number of rotatable bonds is 3. The fourth-order valence-electron chi connectivity index (χ4n) is 2.43. The minimum Gasteiger partial charge on any atom is -0.383 e. The number of nitrogen functional groups attached to an aromatic ring is 1. The summed E-state index contributed by atoms with van der Waals surface area (Å²) in [5.41, 5.74) is 9.97. The lowest BCUT2D eigenvalue weighted by atomic mass is 10.2. The van der Waals surface area contributed by atoms with Gasteiger partial charge < -0.3 is 5.73 Å². The van der Waals surface area contributed by atoms with E-state index in [-0.39, 0.29) is 0 Å². The van der Waals surface area contributed by atoms with Crippen LogP contribution in [0.4, 0.5) is 5.82 Å². The largest absolute Gasteiger partial charge is 0.383 e. The van der Waals surface area contributed by atoms with Gasteiger partial charge in [0.1, 0.15) is 5.82 Å². The molecule has 0 saturated heterocycles. The quantitative estimate of drug-likeness (QED) is 0.409. The fourth-order valence-corrected chi connectivity index (χ4v) is 3.76. The molecule has 0 bridgehead atoms. The van der Waals surface area contributed by atoms with Gasteiger partial charge in [-0.05, 0) is 24.3 Å². The van der Waals surface area contributed by atoms with Crippen molar-refractivity contribution in [3.63, 3.8) is 0 Å². The Morgan fingerprint density at radius 1 is 0.840 bits per heavy atom. The number of thiazole rings is 1. The smallest absolute Gasteiger partial charge is 0.212 e. The summed E-state index contributed by atoms with van der Waals surface area (Å²) in [6, 6.07) is 17.9. The van der Waals surface area contributed by atoms with E-state index in [2.05, 4.69) is 41.9 Å². The number of aromatic nitrogens is 3. The average Bonchev–Trinajstić information content (AvgIpc) is 3.23. The lowest BCUT2D eigenvalue weighted by molar-refractivity contribution is 0.884.